The molecular weight excluding hydrogens is 339 g/mol. The fraction of sp³-hybridized carbons (Fsp3) is 0.462. The number of halogens is 3. The molecule has 1 heterocycles. The van der Waals surface area contributed by atoms with Gasteiger partial charge in [0.05, 0.1) is 22.5 Å². The van der Waals surface area contributed by atoms with Crippen molar-refractivity contribution in [1.29, 1.82) is 0 Å². The van der Waals surface area contributed by atoms with E-state index >= 15 is 0 Å². The molecule has 0 radical (unpaired) electrons. The van der Waals surface area contributed by atoms with Crippen molar-refractivity contribution in [3.05, 3.63) is 28.2 Å². The Morgan fingerprint density at radius 3 is 2.80 bits per heavy atom. The van der Waals surface area contributed by atoms with E-state index in [4.69, 9.17) is 51.8 Å². The first-order chi connectivity index (χ1) is 9.56. The van der Waals surface area contributed by atoms with Crippen LogP contribution in [0.25, 0.3) is 0 Å². The molecule has 3 nitrogen and oxygen atoms in total. The maximum atomic E-state index is 6.43. The third-order valence-electron chi connectivity index (χ3n) is 3.69. The summed E-state index contributed by atoms with van der Waals surface area (Å²) in [5.41, 5.74) is 0. The van der Waals surface area contributed by atoms with Crippen LogP contribution in [0.15, 0.2) is 18.2 Å². The maximum Gasteiger partial charge on any atom is 0.167 e. The lowest BCUT2D eigenvalue weighted by Crippen LogP contribution is -2.54. The van der Waals surface area contributed by atoms with Crippen LogP contribution in [-0.2, 0) is 0 Å². The number of alkyl halides is 1. The molecule has 4 atom stereocenters. The van der Waals surface area contributed by atoms with E-state index in [0.717, 1.165) is 12.8 Å². The van der Waals surface area contributed by atoms with Crippen LogP contribution >= 0.6 is 47.0 Å². The maximum absolute atomic E-state index is 6.43. The van der Waals surface area contributed by atoms with Gasteiger partial charge in [-0.2, -0.15) is 0 Å². The normalized spacial score (nSPS) is 32.2. The molecule has 0 amide bonds. The molecule has 1 aliphatic carbocycles. The van der Waals surface area contributed by atoms with Gasteiger partial charge in [0.2, 0.25) is 0 Å². The lowest BCUT2D eigenvalue weighted by Gasteiger charge is -2.36. The molecule has 2 N–H and O–H groups in total. The Morgan fingerprint density at radius 2 is 2.00 bits per heavy atom. The SMILES string of the molecule is S=C1NC2CCC(Cl)C(Oc3cccc(Cl)c3Cl)C2N1. The molecule has 3 rings (SSSR count). The molecule has 1 aromatic rings. The van der Waals surface area contributed by atoms with Crippen LogP contribution in [0, 0.1) is 0 Å². The number of benzene rings is 1. The van der Waals surface area contributed by atoms with E-state index in [2.05, 4.69) is 10.6 Å². The average Bonchev–Trinajstić information content (AvgIpc) is 2.79. The topological polar surface area (TPSA) is 33.3 Å². The van der Waals surface area contributed by atoms with Crippen LogP contribution in [-0.4, -0.2) is 28.7 Å². The molecule has 1 saturated carbocycles. The summed E-state index contributed by atoms with van der Waals surface area (Å²) in [5.74, 6) is 0.551. The predicted molar refractivity (Wildman–Crippen MR) is 86.2 cm³/mol. The monoisotopic (exact) mass is 350 g/mol. The number of ether oxygens (including phenoxy) is 1. The number of hydrogen-bond donors (Lipinski definition) is 2. The standard InChI is InChI=1S/C13H13Cl3N2OS/c14-6-2-1-3-9(10(6)16)19-12-7(15)4-5-8-11(12)18-13(20)17-8/h1-3,7-8,11-12H,4-5H2,(H2,17,18,20). The van der Waals surface area contributed by atoms with Gasteiger partial charge in [0.25, 0.3) is 0 Å². The minimum absolute atomic E-state index is 0.0498. The minimum atomic E-state index is -0.209. The van der Waals surface area contributed by atoms with Crippen LogP contribution in [0.5, 0.6) is 5.75 Å². The van der Waals surface area contributed by atoms with Crippen molar-refractivity contribution in [1.82, 2.24) is 10.6 Å². The Kier molecular flexibility index (Phi) is 4.18. The third kappa shape index (κ3) is 2.67. The van der Waals surface area contributed by atoms with Gasteiger partial charge in [-0.05, 0) is 37.2 Å². The van der Waals surface area contributed by atoms with Crippen LogP contribution < -0.4 is 15.4 Å². The highest BCUT2D eigenvalue weighted by atomic mass is 35.5. The molecule has 0 bridgehead atoms. The number of thiocarbonyl (C=S) groups is 1. The number of fused-ring (bicyclic) bond motifs is 1. The average molecular weight is 352 g/mol. The summed E-state index contributed by atoms with van der Waals surface area (Å²) in [6.45, 7) is 0. The number of rotatable bonds is 2. The molecule has 0 spiro atoms. The molecule has 7 heteroatoms. The predicted octanol–water partition coefficient (Wildman–Crippen LogP) is 3.36. The van der Waals surface area contributed by atoms with E-state index in [-0.39, 0.29) is 23.6 Å². The van der Waals surface area contributed by atoms with Crippen LogP contribution in [0.3, 0.4) is 0 Å². The zero-order valence-electron chi connectivity index (χ0n) is 10.4. The second-order valence-corrected chi connectivity index (χ2v) is 6.73. The van der Waals surface area contributed by atoms with Crippen LogP contribution in [0.4, 0.5) is 0 Å². The van der Waals surface area contributed by atoms with Gasteiger partial charge >= 0.3 is 0 Å². The van der Waals surface area contributed by atoms with Crippen molar-refractivity contribution in [3.63, 3.8) is 0 Å². The van der Waals surface area contributed by atoms with Crippen molar-refractivity contribution >= 4 is 52.1 Å². The molecule has 1 saturated heterocycles. The van der Waals surface area contributed by atoms with E-state index in [1.807, 2.05) is 0 Å². The summed E-state index contributed by atoms with van der Waals surface area (Å²) in [4.78, 5) is 0. The van der Waals surface area contributed by atoms with Crippen molar-refractivity contribution in [2.75, 3.05) is 0 Å². The first-order valence-corrected chi connectivity index (χ1v) is 7.98. The van der Waals surface area contributed by atoms with Gasteiger partial charge < -0.3 is 15.4 Å². The second kappa shape index (κ2) is 5.76. The minimum Gasteiger partial charge on any atom is -0.485 e. The summed E-state index contributed by atoms with van der Waals surface area (Å²) in [6, 6.07) is 5.62. The largest absolute Gasteiger partial charge is 0.485 e. The number of nitrogens with one attached hydrogen (secondary N) is 2. The lowest BCUT2D eigenvalue weighted by atomic mass is 9.88. The van der Waals surface area contributed by atoms with E-state index in [9.17, 15) is 0 Å². The molecule has 4 unspecified atom stereocenters. The number of hydrogen-bond acceptors (Lipinski definition) is 2. The van der Waals surface area contributed by atoms with Crippen molar-refractivity contribution in [3.8, 4) is 5.75 Å². The van der Waals surface area contributed by atoms with Gasteiger partial charge in [-0.3, -0.25) is 0 Å². The summed E-state index contributed by atoms with van der Waals surface area (Å²) < 4.78 is 6.03. The summed E-state index contributed by atoms with van der Waals surface area (Å²) >= 11 is 23.8. The highest BCUT2D eigenvalue weighted by molar-refractivity contribution is 7.80. The van der Waals surface area contributed by atoms with E-state index in [1.165, 1.54) is 0 Å². The van der Waals surface area contributed by atoms with Crippen molar-refractivity contribution < 1.29 is 4.74 Å². The first kappa shape index (κ1) is 14.5. The van der Waals surface area contributed by atoms with Crippen molar-refractivity contribution in [2.45, 2.75) is 36.4 Å². The highest BCUT2D eigenvalue weighted by Crippen LogP contribution is 2.36. The summed E-state index contributed by atoms with van der Waals surface area (Å²) in [6.07, 6.45) is 1.62. The first-order valence-electron chi connectivity index (χ1n) is 6.38. The molecule has 108 valence electrons. The Labute approximate surface area is 137 Å². The lowest BCUT2D eigenvalue weighted by molar-refractivity contribution is 0.121. The quantitative estimate of drug-likeness (QED) is 0.632. The van der Waals surface area contributed by atoms with E-state index in [0.29, 0.717) is 20.9 Å². The van der Waals surface area contributed by atoms with Gasteiger partial charge in [0, 0.05) is 0 Å². The van der Waals surface area contributed by atoms with Gasteiger partial charge in [-0.15, -0.1) is 11.6 Å². The third-order valence-corrected chi connectivity index (χ3v) is 5.19. The fourth-order valence-electron chi connectivity index (χ4n) is 2.71. The summed E-state index contributed by atoms with van der Waals surface area (Å²) in [7, 11) is 0. The second-order valence-electron chi connectivity index (χ2n) is 4.98. The van der Waals surface area contributed by atoms with Gasteiger partial charge in [0.1, 0.15) is 16.9 Å². The molecular formula is C13H13Cl3N2OS. The molecule has 1 aliphatic heterocycles. The highest BCUT2D eigenvalue weighted by Gasteiger charge is 2.44. The Hall–Kier alpha value is -0.420. The zero-order valence-corrected chi connectivity index (χ0v) is 13.5. The van der Waals surface area contributed by atoms with Crippen LogP contribution in [0.2, 0.25) is 10.0 Å². The molecule has 2 fully saturated rings. The zero-order chi connectivity index (χ0) is 14.3. The van der Waals surface area contributed by atoms with E-state index < -0.39 is 0 Å². The van der Waals surface area contributed by atoms with Crippen LogP contribution in [0.1, 0.15) is 12.8 Å². The molecule has 1 aromatic carbocycles. The summed E-state index contributed by atoms with van der Waals surface area (Å²) in [5, 5.41) is 7.90. The Balaban J connectivity index is 1.84. The molecule has 20 heavy (non-hydrogen) atoms. The van der Waals surface area contributed by atoms with Crippen molar-refractivity contribution in [2.24, 2.45) is 0 Å². The molecule has 2 aliphatic rings. The van der Waals surface area contributed by atoms with Gasteiger partial charge in [-0.25, -0.2) is 0 Å². The van der Waals surface area contributed by atoms with E-state index in [1.54, 1.807) is 18.2 Å². The Bertz CT molecular complexity index is 542. The van der Waals surface area contributed by atoms with Gasteiger partial charge in [-0.1, -0.05) is 29.3 Å². The van der Waals surface area contributed by atoms with Gasteiger partial charge in [0.15, 0.2) is 5.11 Å². The Morgan fingerprint density at radius 1 is 1.20 bits per heavy atom. The fourth-order valence-corrected chi connectivity index (χ4v) is 3.67. The smallest absolute Gasteiger partial charge is 0.167 e. The molecule has 0 aromatic heterocycles.